The Bertz CT molecular complexity index is 287. The van der Waals surface area contributed by atoms with E-state index in [4.69, 9.17) is 0 Å². The summed E-state index contributed by atoms with van der Waals surface area (Å²) in [5, 5.41) is 2.63. The molecule has 0 bridgehead atoms. The first-order valence-corrected chi connectivity index (χ1v) is 6.59. The lowest BCUT2D eigenvalue weighted by Crippen LogP contribution is -2.64. The maximum Gasteiger partial charge on any atom is 0.245 e. The average molecular weight is 240 g/mol. The van der Waals surface area contributed by atoms with Gasteiger partial charge in [-0.1, -0.05) is 32.6 Å². The zero-order chi connectivity index (χ0) is 12.9. The Balaban J connectivity index is 2.43. The van der Waals surface area contributed by atoms with Gasteiger partial charge in [0.05, 0.1) is 6.54 Å². The molecule has 98 valence electrons. The van der Waals surface area contributed by atoms with Gasteiger partial charge in [-0.05, 0) is 20.3 Å². The highest BCUT2D eigenvalue weighted by molar-refractivity contribution is 5.97. The lowest BCUT2D eigenvalue weighted by atomic mass is 9.98. The molecule has 0 aliphatic carbocycles. The molecule has 17 heavy (non-hydrogen) atoms. The van der Waals surface area contributed by atoms with Crippen LogP contribution in [0.25, 0.3) is 0 Å². The van der Waals surface area contributed by atoms with E-state index < -0.39 is 5.54 Å². The van der Waals surface area contributed by atoms with Crippen molar-refractivity contribution in [2.24, 2.45) is 0 Å². The second-order valence-electron chi connectivity index (χ2n) is 5.20. The Labute approximate surface area is 104 Å². The highest BCUT2D eigenvalue weighted by Crippen LogP contribution is 2.19. The molecule has 4 nitrogen and oxygen atoms in total. The normalized spacial score (nSPS) is 19.4. The highest BCUT2D eigenvalue weighted by Gasteiger charge is 2.40. The third-order valence-electron chi connectivity index (χ3n) is 3.42. The van der Waals surface area contributed by atoms with Crippen molar-refractivity contribution in [3.63, 3.8) is 0 Å². The lowest BCUT2D eigenvalue weighted by molar-refractivity contribution is -0.151. The van der Waals surface area contributed by atoms with Crippen molar-refractivity contribution in [3.05, 3.63) is 0 Å². The monoisotopic (exact) mass is 240 g/mol. The van der Waals surface area contributed by atoms with Crippen LogP contribution in [-0.4, -0.2) is 35.3 Å². The van der Waals surface area contributed by atoms with Gasteiger partial charge in [-0.3, -0.25) is 9.59 Å². The second kappa shape index (κ2) is 6.03. The smallest absolute Gasteiger partial charge is 0.245 e. The molecule has 1 heterocycles. The van der Waals surface area contributed by atoms with Crippen LogP contribution in [0.2, 0.25) is 0 Å². The molecule has 0 spiro atoms. The minimum Gasteiger partial charge on any atom is -0.345 e. The summed E-state index contributed by atoms with van der Waals surface area (Å²) in [6, 6.07) is 0. The second-order valence-corrected chi connectivity index (χ2v) is 5.20. The summed E-state index contributed by atoms with van der Waals surface area (Å²) in [4.78, 5) is 25.2. The molecule has 0 aromatic carbocycles. The zero-order valence-electron chi connectivity index (χ0n) is 11.2. The number of hydrogen-bond acceptors (Lipinski definition) is 2. The minimum absolute atomic E-state index is 0.0325. The van der Waals surface area contributed by atoms with Gasteiger partial charge in [-0.25, -0.2) is 0 Å². The van der Waals surface area contributed by atoms with Gasteiger partial charge in [0.15, 0.2) is 0 Å². The number of carbonyl (C=O) groups is 2. The van der Waals surface area contributed by atoms with Crippen molar-refractivity contribution in [1.29, 1.82) is 0 Å². The van der Waals surface area contributed by atoms with Gasteiger partial charge in [-0.2, -0.15) is 0 Å². The van der Waals surface area contributed by atoms with Crippen molar-refractivity contribution < 1.29 is 9.59 Å². The van der Waals surface area contributed by atoms with Crippen LogP contribution in [-0.2, 0) is 9.59 Å². The van der Waals surface area contributed by atoms with E-state index in [0.717, 1.165) is 12.8 Å². The summed E-state index contributed by atoms with van der Waals surface area (Å²) >= 11 is 0. The van der Waals surface area contributed by atoms with E-state index in [9.17, 15) is 9.59 Å². The molecule has 0 aromatic rings. The van der Waals surface area contributed by atoms with E-state index in [0.29, 0.717) is 6.54 Å². The molecule has 1 aliphatic heterocycles. The number of amides is 2. The van der Waals surface area contributed by atoms with Crippen molar-refractivity contribution in [1.82, 2.24) is 10.2 Å². The molecule has 2 amide bonds. The fourth-order valence-electron chi connectivity index (χ4n) is 2.18. The first kappa shape index (κ1) is 14.0. The largest absolute Gasteiger partial charge is 0.345 e. The van der Waals surface area contributed by atoms with Crippen molar-refractivity contribution >= 4 is 11.8 Å². The molecular weight excluding hydrogens is 216 g/mol. The summed E-state index contributed by atoms with van der Waals surface area (Å²) in [5.74, 6) is -0.0178. The molecule has 0 radical (unpaired) electrons. The van der Waals surface area contributed by atoms with E-state index >= 15 is 0 Å². The molecular formula is C13H24N2O2. The summed E-state index contributed by atoms with van der Waals surface area (Å²) < 4.78 is 0. The van der Waals surface area contributed by atoms with Crippen LogP contribution >= 0.6 is 0 Å². The van der Waals surface area contributed by atoms with Gasteiger partial charge in [0.1, 0.15) is 5.54 Å². The number of nitrogens with one attached hydrogen (secondary N) is 1. The summed E-state index contributed by atoms with van der Waals surface area (Å²) in [5.41, 5.74) is -0.694. The third kappa shape index (κ3) is 3.45. The summed E-state index contributed by atoms with van der Waals surface area (Å²) in [6.45, 7) is 6.65. The average Bonchev–Trinajstić information content (AvgIpc) is 2.28. The van der Waals surface area contributed by atoms with Crippen molar-refractivity contribution in [2.45, 2.75) is 58.4 Å². The van der Waals surface area contributed by atoms with Crippen LogP contribution in [0, 0.1) is 0 Å². The molecule has 4 heteroatoms. The van der Waals surface area contributed by atoms with Gasteiger partial charge < -0.3 is 10.2 Å². The number of carbonyl (C=O) groups excluding carboxylic acids is 2. The predicted octanol–water partition coefficient (Wildman–Crippen LogP) is 1.69. The van der Waals surface area contributed by atoms with E-state index in [1.54, 1.807) is 4.90 Å². The van der Waals surface area contributed by atoms with Crippen molar-refractivity contribution in [3.8, 4) is 0 Å². The maximum atomic E-state index is 11.8. The SMILES string of the molecule is CCCCCCCN1C(=O)CNC(=O)C1(C)C. The van der Waals surface area contributed by atoms with Gasteiger partial charge in [0, 0.05) is 6.54 Å². The van der Waals surface area contributed by atoms with Gasteiger partial charge >= 0.3 is 0 Å². The number of nitrogens with zero attached hydrogens (tertiary/aromatic N) is 1. The Morgan fingerprint density at radius 3 is 2.47 bits per heavy atom. The van der Waals surface area contributed by atoms with E-state index in [-0.39, 0.29) is 18.4 Å². The number of rotatable bonds is 6. The van der Waals surface area contributed by atoms with E-state index in [1.165, 1.54) is 19.3 Å². The van der Waals surface area contributed by atoms with E-state index in [1.807, 2.05) is 13.8 Å². The Kier molecular flexibility index (Phi) is 4.97. The highest BCUT2D eigenvalue weighted by atomic mass is 16.2. The topological polar surface area (TPSA) is 49.4 Å². The Hall–Kier alpha value is -1.06. The molecule has 0 unspecified atom stereocenters. The maximum absolute atomic E-state index is 11.8. The summed E-state index contributed by atoms with van der Waals surface area (Å²) in [7, 11) is 0. The molecule has 0 aromatic heterocycles. The zero-order valence-corrected chi connectivity index (χ0v) is 11.2. The number of unbranched alkanes of at least 4 members (excludes halogenated alkanes) is 4. The van der Waals surface area contributed by atoms with E-state index in [2.05, 4.69) is 12.2 Å². The first-order valence-electron chi connectivity index (χ1n) is 6.59. The number of piperazine rings is 1. The molecule has 1 fully saturated rings. The number of hydrogen-bond donors (Lipinski definition) is 1. The molecule has 1 rings (SSSR count). The summed E-state index contributed by atoms with van der Waals surface area (Å²) in [6.07, 6.45) is 5.80. The standard InChI is InChI=1S/C13H24N2O2/c1-4-5-6-7-8-9-15-11(16)10-14-12(17)13(15,2)3/h4-10H2,1-3H3,(H,14,17). The van der Waals surface area contributed by atoms with Crippen LogP contribution in [0.4, 0.5) is 0 Å². The van der Waals surface area contributed by atoms with Gasteiger partial charge in [0.25, 0.3) is 0 Å². The van der Waals surface area contributed by atoms with Crippen LogP contribution in [0.3, 0.4) is 0 Å². The lowest BCUT2D eigenvalue weighted by Gasteiger charge is -2.41. The quantitative estimate of drug-likeness (QED) is 0.718. The molecule has 1 aliphatic rings. The van der Waals surface area contributed by atoms with Crippen LogP contribution in [0.15, 0.2) is 0 Å². The molecule has 1 N–H and O–H groups in total. The molecule has 0 atom stereocenters. The Morgan fingerprint density at radius 2 is 1.82 bits per heavy atom. The van der Waals surface area contributed by atoms with Crippen LogP contribution in [0.1, 0.15) is 52.9 Å². The first-order chi connectivity index (χ1) is 8.00. The molecule has 0 saturated carbocycles. The Morgan fingerprint density at radius 1 is 1.18 bits per heavy atom. The predicted molar refractivity (Wildman–Crippen MR) is 67.6 cm³/mol. The van der Waals surface area contributed by atoms with Gasteiger partial charge in [-0.15, -0.1) is 0 Å². The third-order valence-corrected chi connectivity index (χ3v) is 3.42. The van der Waals surface area contributed by atoms with Gasteiger partial charge in [0.2, 0.25) is 11.8 Å². The van der Waals surface area contributed by atoms with Crippen LogP contribution in [0.5, 0.6) is 0 Å². The fraction of sp³-hybridized carbons (Fsp3) is 0.846. The minimum atomic E-state index is -0.694. The molecule has 1 saturated heterocycles. The van der Waals surface area contributed by atoms with Crippen molar-refractivity contribution in [2.75, 3.05) is 13.1 Å². The van der Waals surface area contributed by atoms with Crippen LogP contribution < -0.4 is 5.32 Å². The fourth-order valence-corrected chi connectivity index (χ4v) is 2.18.